The Morgan fingerprint density at radius 1 is 1.17 bits per heavy atom. The van der Waals surface area contributed by atoms with Gasteiger partial charge in [0.05, 0.1) is 35.9 Å². The second-order valence-corrected chi connectivity index (χ2v) is 14.7. The number of aliphatic hydroxyl groups excluding tert-OH is 1. The molecule has 1 amide bonds. The number of hydrogen-bond donors (Lipinski definition) is 2. The van der Waals surface area contributed by atoms with E-state index in [-0.39, 0.29) is 48.8 Å². The largest absolute Gasteiger partial charge is 0.463 e. The van der Waals surface area contributed by atoms with E-state index in [2.05, 4.69) is 34.0 Å². The number of aliphatic hydroxyl groups is 1. The molecule has 0 saturated carbocycles. The Kier molecular flexibility index (Phi) is 14.5. The van der Waals surface area contributed by atoms with Crippen molar-refractivity contribution in [3.05, 3.63) is 18.7 Å². The van der Waals surface area contributed by atoms with Crippen LogP contribution in [0.5, 0.6) is 0 Å². The Morgan fingerprint density at radius 3 is 2.44 bits per heavy atom. The zero-order valence-corrected chi connectivity index (χ0v) is 30.6. The number of cyclic esters (lactones) is 1. The average Bonchev–Trinajstić information content (AvgIpc) is 3.03. The van der Waals surface area contributed by atoms with Crippen LogP contribution >= 0.6 is 0 Å². The number of methoxy groups -OCH3 is 1. The van der Waals surface area contributed by atoms with Crippen molar-refractivity contribution in [2.24, 2.45) is 17.3 Å². The average molecular weight is 678 g/mol. The van der Waals surface area contributed by atoms with Crippen molar-refractivity contribution in [1.82, 2.24) is 19.8 Å². The quantitative estimate of drug-likeness (QED) is 0.276. The molecule has 13 nitrogen and oxygen atoms in total. The van der Waals surface area contributed by atoms with Crippen LogP contribution in [0.2, 0.25) is 0 Å². The van der Waals surface area contributed by atoms with E-state index in [1.165, 1.54) is 18.7 Å². The minimum Gasteiger partial charge on any atom is -0.463 e. The number of hydrogen-bond acceptors (Lipinski definition) is 12. The van der Waals surface area contributed by atoms with Crippen molar-refractivity contribution >= 4 is 23.3 Å². The minimum absolute atomic E-state index is 0.0335. The van der Waals surface area contributed by atoms with E-state index in [4.69, 9.17) is 18.9 Å². The predicted octanol–water partition coefficient (Wildman–Crippen LogP) is 3.31. The molecule has 0 unspecified atom stereocenters. The molecule has 2 aliphatic rings. The fourth-order valence-corrected chi connectivity index (χ4v) is 7.19. The SMILES string of the molecule is CCCN1C[C@H](C)C[C@@](C)(OC)[C@H](O[C@@H]2O[C@H](C)C[C@H](N(C)C)[C@H]2O)[C@@H](C)C(=O)C(C)(C)C(=O)OC[C@H]1CCC(=O)Nc1cncnc1. The zero-order valence-electron chi connectivity index (χ0n) is 30.6. The molecule has 0 radical (unpaired) electrons. The van der Waals surface area contributed by atoms with Gasteiger partial charge in [0.2, 0.25) is 5.91 Å². The maximum absolute atomic E-state index is 14.3. The molecule has 1 aromatic heterocycles. The van der Waals surface area contributed by atoms with Gasteiger partial charge in [-0.2, -0.15) is 0 Å². The Hall–Kier alpha value is -2.55. The number of aromatic nitrogens is 2. The second kappa shape index (κ2) is 17.4. The van der Waals surface area contributed by atoms with E-state index in [0.29, 0.717) is 31.5 Å². The third kappa shape index (κ3) is 10.0. The summed E-state index contributed by atoms with van der Waals surface area (Å²) in [6.45, 7) is 14.3. The van der Waals surface area contributed by atoms with Crippen LogP contribution in [-0.2, 0) is 33.3 Å². The molecule has 2 N–H and O–H groups in total. The Labute approximate surface area is 286 Å². The number of nitrogens with one attached hydrogen (secondary N) is 1. The maximum atomic E-state index is 14.3. The number of amides is 1. The van der Waals surface area contributed by atoms with Crippen LogP contribution < -0.4 is 5.32 Å². The first-order valence-electron chi connectivity index (χ1n) is 17.2. The standard InChI is InChI=1S/C35H59N5O8/c1-11-14-40-19-22(2)16-35(7,45-10)31(48-32-29(42)27(39(8)9)15-23(3)47-32)24(4)30(43)34(5,6)33(44)46-20-26(40)12-13-28(41)38-25-17-36-21-37-18-25/h17-18,21-24,26-27,29,31-32,42H,11-16,19-20H2,1-10H3,(H,38,41)/t22-,23-,24+,26-,27+,29-,31-,32+,35-/m1/s1. The van der Waals surface area contributed by atoms with E-state index in [9.17, 15) is 19.5 Å². The van der Waals surface area contributed by atoms with Crippen molar-refractivity contribution in [1.29, 1.82) is 0 Å². The van der Waals surface area contributed by atoms with Crippen molar-refractivity contribution in [3.8, 4) is 0 Å². The van der Waals surface area contributed by atoms with Gasteiger partial charge in [0.1, 0.15) is 24.5 Å². The summed E-state index contributed by atoms with van der Waals surface area (Å²) in [5.74, 6) is -1.97. The highest BCUT2D eigenvalue weighted by Crippen LogP contribution is 2.38. The first-order valence-corrected chi connectivity index (χ1v) is 17.2. The van der Waals surface area contributed by atoms with Crippen LogP contribution in [0.4, 0.5) is 5.69 Å². The molecular formula is C35H59N5O8. The first kappa shape index (κ1) is 39.9. The highest BCUT2D eigenvalue weighted by molar-refractivity contribution is 6.04. The van der Waals surface area contributed by atoms with E-state index in [1.807, 2.05) is 32.8 Å². The molecule has 1 aromatic rings. The van der Waals surface area contributed by atoms with Crippen LogP contribution in [0.1, 0.15) is 80.6 Å². The molecule has 0 spiro atoms. The fourth-order valence-electron chi connectivity index (χ4n) is 7.19. The van der Waals surface area contributed by atoms with Crippen LogP contribution in [-0.4, -0.2) is 126 Å². The lowest BCUT2D eigenvalue weighted by Crippen LogP contribution is -2.59. The molecule has 2 aliphatic heterocycles. The number of nitrogens with zero attached hydrogens (tertiary/aromatic N) is 4. The van der Waals surface area contributed by atoms with E-state index in [1.54, 1.807) is 27.9 Å². The van der Waals surface area contributed by atoms with E-state index < -0.39 is 41.4 Å². The number of carbonyl (C=O) groups is 3. The van der Waals surface area contributed by atoms with Crippen LogP contribution in [0, 0.1) is 17.3 Å². The predicted molar refractivity (Wildman–Crippen MR) is 181 cm³/mol. The van der Waals surface area contributed by atoms with Crippen molar-refractivity contribution in [3.63, 3.8) is 0 Å². The lowest BCUT2D eigenvalue weighted by atomic mass is 9.74. The van der Waals surface area contributed by atoms with Crippen LogP contribution in [0.3, 0.4) is 0 Å². The van der Waals surface area contributed by atoms with Crippen molar-refractivity contribution in [2.75, 3.05) is 46.2 Å². The third-order valence-corrected chi connectivity index (χ3v) is 9.90. The summed E-state index contributed by atoms with van der Waals surface area (Å²) in [5.41, 5.74) is -2.00. The number of ketones is 1. The molecule has 2 fully saturated rings. The number of esters is 1. The van der Waals surface area contributed by atoms with Crippen molar-refractivity contribution in [2.45, 2.75) is 123 Å². The van der Waals surface area contributed by atoms with Gasteiger partial charge in [-0.25, -0.2) is 9.97 Å². The Balaban J connectivity index is 1.95. The molecule has 9 atom stereocenters. The van der Waals surface area contributed by atoms with Gasteiger partial charge in [0.25, 0.3) is 0 Å². The molecule has 3 rings (SSSR count). The summed E-state index contributed by atoms with van der Waals surface area (Å²) in [5, 5.41) is 14.2. The summed E-state index contributed by atoms with van der Waals surface area (Å²) in [6, 6.07) is -0.476. The summed E-state index contributed by atoms with van der Waals surface area (Å²) in [6.07, 6.45) is 4.04. The molecule has 2 saturated heterocycles. The fraction of sp³-hybridized carbons (Fsp3) is 0.800. The van der Waals surface area contributed by atoms with Gasteiger partial charge >= 0.3 is 5.97 Å². The minimum atomic E-state index is -1.51. The van der Waals surface area contributed by atoms with Gasteiger partial charge in [0, 0.05) is 38.1 Å². The summed E-state index contributed by atoms with van der Waals surface area (Å²) in [7, 11) is 5.41. The molecule has 3 heterocycles. The Bertz CT molecular complexity index is 1200. The number of ether oxygens (including phenoxy) is 4. The van der Waals surface area contributed by atoms with Gasteiger partial charge in [-0.15, -0.1) is 0 Å². The zero-order chi connectivity index (χ0) is 35.8. The van der Waals surface area contributed by atoms with Crippen molar-refractivity contribution < 1.29 is 38.4 Å². The van der Waals surface area contributed by atoms with Gasteiger partial charge in [-0.1, -0.05) is 20.8 Å². The van der Waals surface area contributed by atoms with Gasteiger partial charge < -0.3 is 34.3 Å². The second-order valence-electron chi connectivity index (χ2n) is 14.7. The molecule has 13 heteroatoms. The molecule has 0 bridgehead atoms. The highest BCUT2D eigenvalue weighted by atomic mass is 16.7. The smallest absolute Gasteiger partial charge is 0.319 e. The van der Waals surface area contributed by atoms with E-state index in [0.717, 1.165) is 13.0 Å². The van der Waals surface area contributed by atoms with Gasteiger partial charge in [-0.05, 0) is 79.9 Å². The normalized spacial score (nSPS) is 34.1. The lowest BCUT2D eigenvalue weighted by molar-refractivity contribution is -0.295. The number of likely N-dealkylation sites (N-methyl/N-ethyl adjacent to an activating group) is 1. The highest BCUT2D eigenvalue weighted by Gasteiger charge is 2.51. The molecular weight excluding hydrogens is 618 g/mol. The summed E-state index contributed by atoms with van der Waals surface area (Å²) < 4.78 is 24.9. The molecule has 272 valence electrons. The summed E-state index contributed by atoms with van der Waals surface area (Å²) >= 11 is 0. The molecule has 0 aliphatic carbocycles. The van der Waals surface area contributed by atoms with Crippen LogP contribution in [0.15, 0.2) is 18.7 Å². The number of Topliss-reactive ketones (excluding diaryl/α,β-unsaturated/α-hetero) is 1. The summed E-state index contributed by atoms with van der Waals surface area (Å²) in [4.78, 5) is 52.9. The number of rotatable bonds is 10. The van der Waals surface area contributed by atoms with E-state index >= 15 is 0 Å². The topological polar surface area (TPSA) is 153 Å². The number of anilines is 1. The lowest BCUT2D eigenvalue weighted by Gasteiger charge is -2.47. The Morgan fingerprint density at radius 2 is 1.83 bits per heavy atom. The third-order valence-electron chi connectivity index (χ3n) is 9.90. The maximum Gasteiger partial charge on any atom is 0.319 e. The monoisotopic (exact) mass is 677 g/mol. The molecule has 48 heavy (non-hydrogen) atoms. The first-order chi connectivity index (χ1) is 22.5. The molecule has 0 aromatic carbocycles. The van der Waals surface area contributed by atoms with Gasteiger partial charge in [-0.3, -0.25) is 19.3 Å². The van der Waals surface area contributed by atoms with Gasteiger partial charge in [0.15, 0.2) is 12.1 Å². The number of carbonyl (C=O) groups excluding carboxylic acids is 3. The van der Waals surface area contributed by atoms with Crippen LogP contribution in [0.25, 0.3) is 0 Å².